The van der Waals surface area contributed by atoms with E-state index in [0.29, 0.717) is 12.5 Å². The van der Waals surface area contributed by atoms with Crippen molar-refractivity contribution in [2.45, 2.75) is 26.5 Å². The molecule has 4 heteroatoms. The van der Waals surface area contributed by atoms with Crippen LogP contribution in [0.4, 0.5) is 0 Å². The summed E-state index contributed by atoms with van der Waals surface area (Å²) < 4.78 is 11.3. The quantitative estimate of drug-likeness (QED) is 0.758. The van der Waals surface area contributed by atoms with Gasteiger partial charge in [-0.05, 0) is 26.0 Å². The minimum Gasteiger partial charge on any atom is -0.491 e. The van der Waals surface area contributed by atoms with Crippen LogP contribution in [0.15, 0.2) is 48.7 Å². The molecule has 0 saturated carbocycles. The van der Waals surface area contributed by atoms with Crippen LogP contribution in [0.2, 0.25) is 0 Å². The lowest BCUT2D eigenvalue weighted by atomic mass is 10.2. The number of para-hydroxylation sites is 1. The van der Waals surface area contributed by atoms with E-state index >= 15 is 0 Å². The van der Waals surface area contributed by atoms with Gasteiger partial charge in [-0.25, -0.2) is 4.98 Å². The van der Waals surface area contributed by atoms with Gasteiger partial charge in [0.15, 0.2) is 0 Å². The average molecular weight is 286 g/mol. The third-order valence-corrected chi connectivity index (χ3v) is 2.82. The van der Waals surface area contributed by atoms with E-state index in [4.69, 9.17) is 9.47 Å². The third kappa shape index (κ3) is 5.44. The van der Waals surface area contributed by atoms with Gasteiger partial charge >= 0.3 is 0 Å². The maximum absolute atomic E-state index is 5.79. The Morgan fingerprint density at radius 3 is 2.67 bits per heavy atom. The van der Waals surface area contributed by atoms with Crippen molar-refractivity contribution in [1.29, 1.82) is 0 Å². The molecule has 1 heterocycles. The zero-order valence-corrected chi connectivity index (χ0v) is 12.6. The molecule has 112 valence electrons. The van der Waals surface area contributed by atoms with E-state index < -0.39 is 0 Å². The highest BCUT2D eigenvalue weighted by Gasteiger charge is 2.04. The highest BCUT2D eigenvalue weighted by Crippen LogP contribution is 2.18. The lowest BCUT2D eigenvalue weighted by Gasteiger charge is -2.14. The fraction of sp³-hybridized carbons (Fsp3) is 0.353. The van der Waals surface area contributed by atoms with Crippen molar-refractivity contribution >= 4 is 0 Å². The van der Waals surface area contributed by atoms with E-state index in [-0.39, 0.29) is 6.10 Å². The highest BCUT2D eigenvalue weighted by atomic mass is 16.5. The Morgan fingerprint density at radius 2 is 1.90 bits per heavy atom. The maximum Gasteiger partial charge on any atom is 0.213 e. The van der Waals surface area contributed by atoms with Crippen molar-refractivity contribution in [3.8, 4) is 11.6 Å². The molecule has 0 bridgehead atoms. The average Bonchev–Trinajstić information content (AvgIpc) is 2.49. The van der Waals surface area contributed by atoms with Crippen LogP contribution in [0.3, 0.4) is 0 Å². The molecule has 2 aromatic rings. The molecule has 0 saturated heterocycles. The molecule has 1 N–H and O–H groups in total. The lowest BCUT2D eigenvalue weighted by Crippen LogP contribution is -2.21. The molecule has 4 nitrogen and oxygen atoms in total. The van der Waals surface area contributed by atoms with Crippen molar-refractivity contribution in [2.24, 2.45) is 0 Å². The Hall–Kier alpha value is -2.07. The summed E-state index contributed by atoms with van der Waals surface area (Å²) in [5, 5.41) is 3.35. The number of rotatable bonds is 8. The molecule has 1 aromatic carbocycles. The SMILES string of the molecule is CC(C)Oc1ccccc1CNCCOc1ccccn1. The Balaban J connectivity index is 1.73. The second-order valence-electron chi connectivity index (χ2n) is 4.97. The van der Waals surface area contributed by atoms with Crippen LogP contribution >= 0.6 is 0 Å². The van der Waals surface area contributed by atoms with E-state index in [1.165, 1.54) is 0 Å². The standard InChI is InChI=1S/C17H22N2O2/c1-14(2)21-16-8-4-3-7-15(16)13-18-11-12-20-17-9-5-6-10-19-17/h3-10,14,18H,11-13H2,1-2H3. The molecule has 0 unspecified atom stereocenters. The largest absolute Gasteiger partial charge is 0.491 e. The van der Waals surface area contributed by atoms with E-state index in [1.54, 1.807) is 6.20 Å². The Bertz CT molecular complexity index is 529. The molecular weight excluding hydrogens is 264 g/mol. The number of nitrogens with one attached hydrogen (secondary N) is 1. The summed E-state index contributed by atoms with van der Waals surface area (Å²) in [6, 6.07) is 13.7. The number of ether oxygens (including phenoxy) is 2. The molecule has 0 aliphatic rings. The molecular formula is C17H22N2O2. The fourth-order valence-electron chi connectivity index (χ4n) is 1.90. The highest BCUT2D eigenvalue weighted by molar-refractivity contribution is 5.33. The summed E-state index contributed by atoms with van der Waals surface area (Å²) in [6.45, 7) is 6.17. The van der Waals surface area contributed by atoms with Crippen molar-refractivity contribution in [2.75, 3.05) is 13.2 Å². The summed E-state index contributed by atoms with van der Waals surface area (Å²) in [6.07, 6.45) is 1.90. The van der Waals surface area contributed by atoms with Gasteiger partial charge in [-0.1, -0.05) is 24.3 Å². The zero-order chi connectivity index (χ0) is 14.9. The predicted octanol–water partition coefficient (Wildman–Crippen LogP) is 3.04. The number of hydrogen-bond acceptors (Lipinski definition) is 4. The molecule has 0 spiro atoms. The molecule has 0 radical (unpaired) electrons. The molecule has 21 heavy (non-hydrogen) atoms. The summed E-state index contributed by atoms with van der Waals surface area (Å²) in [5.74, 6) is 1.59. The summed E-state index contributed by atoms with van der Waals surface area (Å²) in [7, 11) is 0. The van der Waals surface area contributed by atoms with Crippen molar-refractivity contribution < 1.29 is 9.47 Å². The zero-order valence-electron chi connectivity index (χ0n) is 12.6. The van der Waals surface area contributed by atoms with Gasteiger partial charge in [-0.2, -0.15) is 0 Å². The predicted molar refractivity (Wildman–Crippen MR) is 83.6 cm³/mol. The van der Waals surface area contributed by atoms with E-state index in [1.807, 2.05) is 50.2 Å². The molecule has 0 aliphatic carbocycles. The van der Waals surface area contributed by atoms with Crippen molar-refractivity contribution in [3.63, 3.8) is 0 Å². The van der Waals surface area contributed by atoms with Crippen LogP contribution in [0.25, 0.3) is 0 Å². The first-order valence-electron chi connectivity index (χ1n) is 7.25. The van der Waals surface area contributed by atoms with E-state index in [9.17, 15) is 0 Å². The number of aromatic nitrogens is 1. The monoisotopic (exact) mass is 286 g/mol. The van der Waals surface area contributed by atoms with Gasteiger partial charge in [-0.3, -0.25) is 0 Å². The Morgan fingerprint density at radius 1 is 1.10 bits per heavy atom. The topological polar surface area (TPSA) is 43.4 Å². The smallest absolute Gasteiger partial charge is 0.213 e. The second-order valence-corrected chi connectivity index (χ2v) is 4.97. The van der Waals surface area contributed by atoms with Crippen molar-refractivity contribution in [3.05, 3.63) is 54.2 Å². The third-order valence-electron chi connectivity index (χ3n) is 2.82. The number of benzene rings is 1. The van der Waals surface area contributed by atoms with Gasteiger partial charge in [0.1, 0.15) is 12.4 Å². The molecule has 0 fully saturated rings. The first-order valence-corrected chi connectivity index (χ1v) is 7.25. The summed E-state index contributed by atoms with van der Waals surface area (Å²) in [4.78, 5) is 4.11. The van der Waals surface area contributed by atoms with Crippen LogP contribution in [0, 0.1) is 0 Å². The van der Waals surface area contributed by atoms with Crippen molar-refractivity contribution in [1.82, 2.24) is 10.3 Å². The number of pyridine rings is 1. The van der Waals surface area contributed by atoms with Gasteiger partial charge in [0.2, 0.25) is 5.88 Å². The van der Waals surface area contributed by atoms with Gasteiger partial charge < -0.3 is 14.8 Å². The Labute approximate surface area is 126 Å². The molecule has 1 aromatic heterocycles. The fourth-order valence-corrected chi connectivity index (χ4v) is 1.90. The van der Waals surface area contributed by atoms with Crippen LogP contribution < -0.4 is 14.8 Å². The van der Waals surface area contributed by atoms with Crippen LogP contribution in [0.1, 0.15) is 19.4 Å². The van der Waals surface area contributed by atoms with Crippen LogP contribution in [0.5, 0.6) is 11.6 Å². The Kier molecular flexibility index (Phi) is 6.03. The van der Waals surface area contributed by atoms with Gasteiger partial charge in [0.25, 0.3) is 0 Å². The summed E-state index contributed by atoms with van der Waals surface area (Å²) >= 11 is 0. The lowest BCUT2D eigenvalue weighted by molar-refractivity contribution is 0.239. The van der Waals surface area contributed by atoms with Crippen LogP contribution in [-0.4, -0.2) is 24.2 Å². The van der Waals surface area contributed by atoms with Gasteiger partial charge in [-0.15, -0.1) is 0 Å². The normalized spacial score (nSPS) is 10.6. The number of nitrogens with zero attached hydrogens (tertiary/aromatic N) is 1. The first-order chi connectivity index (χ1) is 10.3. The van der Waals surface area contributed by atoms with E-state index in [2.05, 4.69) is 16.4 Å². The van der Waals surface area contributed by atoms with Gasteiger partial charge in [0, 0.05) is 30.9 Å². The maximum atomic E-state index is 5.79. The minimum atomic E-state index is 0.179. The second kappa shape index (κ2) is 8.27. The molecule has 2 rings (SSSR count). The summed E-state index contributed by atoms with van der Waals surface area (Å²) in [5.41, 5.74) is 1.16. The molecule has 0 atom stereocenters. The minimum absolute atomic E-state index is 0.179. The van der Waals surface area contributed by atoms with Gasteiger partial charge in [0.05, 0.1) is 6.10 Å². The number of hydrogen-bond donors (Lipinski definition) is 1. The molecule has 0 aliphatic heterocycles. The van der Waals surface area contributed by atoms with E-state index in [0.717, 1.165) is 24.4 Å². The van der Waals surface area contributed by atoms with Crippen LogP contribution in [-0.2, 0) is 6.54 Å². The first kappa shape index (κ1) is 15.3. The molecule has 0 amide bonds.